The number of amides is 1. The van der Waals surface area contributed by atoms with Gasteiger partial charge in [-0.05, 0) is 52.0 Å². The number of fused-ring (bicyclic) bond motifs is 1. The van der Waals surface area contributed by atoms with Crippen LogP contribution in [0.2, 0.25) is 0 Å². The van der Waals surface area contributed by atoms with Crippen molar-refractivity contribution in [3.63, 3.8) is 0 Å². The number of hydrogen-bond donors (Lipinski definition) is 0. The maximum Gasteiger partial charge on any atom is 0.410 e. The van der Waals surface area contributed by atoms with Crippen LogP contribution in [0.1, 0.15) is 43.4 Å². The van der Waals surface area contributed by atoms with Gasteiger partial charge in [0.2, 0.25) is 0 Å². The quantitative estimate of drug-likeness (QED) is 0.280. The Morgan fingerprint density at radius 2 is 1.90 bits per heavy atom. The van der Waals surface area contributed by atoms with Crippen molar-refractivity contribution in [3.05, 3.63) is 71.2 Å². The molecule has 0 aliphatic heterocycles. The number of carbonyl (C=O) groups is 1. The van der Waals surface area contributed by atoms with E-state index in [0.717, 1.165) is 22.5 Å². The Hall–Kier alpha value is -3.93. The number of aromatic nitrogens is 4. The molecule has 4 aromatic rings. The smallest absolute Gasteiger partial charge is 0.410 e. The first-order chi connectivity index (χ1) is 19.1. The highest BCUT2D eigenvalue weighted by molar-refractivity contribution is 7.89. The average molecular weight is 586 g/mol. The first kappa shape index (κ1) is 30.0. The molecule has 0 aliphatic rings. The van der Waals surface area contributed by atoms with Crippen molar-refractivity contribution in [3.8, 4) is 16.9 Å². The molecule has 3 aromatic heterocycles. The molecule has 1 aromatic carbocycles. The molecule has 0 saturated carbocycles. The Morgan fingerprint density at radius 3 is 2.59 bits per heavy atom. The number of aryl methyl sites for hydroxylation is 1. The van der Waals surface area contributed by atoms with Crippen LogP contribution >= 0.6 is 0 Å². The summed E-state index contributed by atoms with van der Waals surface area (Å²) in [4.78, 5) is 18.4. The molecule has 12 heteroatoms. The molecule has 0 saturated heterocycles. The molecule has 41 heavy (non-hydrogen) atoms. The number of pyridine rings is 1. The van der Waals surface area contributed by atoms with Crippen LogP contribution in [-0.2, 0) is 40.3 Å². The fourth-order valence-corrected chi connectivity index (χ4v) is 5.21. The van der Waals surface area contributed by atoms with Gasteiger partial charge in [-0.15, -0.1) is 0 Å². The SMILES string of the molecule is Cc1c(CCOc2cc(F)ccc2-c2ccc3ncc(CN(C)C(=O)OC(C)(C)C)n3c2)c(CS(C)(=O)=O)nn1C. The number of halogens is 1. The molecule has 3 heterocycles. The molecule has 0 aliphatic carbocycles. The monoisotopic (exact) mass is 585 g/mol. The predicted molar refractivity (Wildman–Crippen MR) is 154 cm³/mol. The summed E-state index contributed by atoms with van der Waals surface area (Å²) in [5, 5.41) is 4.36. The van der Waals surface area contributed by atoms with E-state index in [9.17, 15) is 17.6 Å². The molecule has 0 fully saturated rings. The molecule has 0 atom stereocenters. The minimum atomic E-state index is -3.27. The lowest BCUT2D eigenvalue weighted by Gasteiger charge is -2.24. The van der Waals surface area contributed by atoms with Crippen LogP contribution in [0.25, 0.3) is 16.8 Å². The van der Waals surface area contributed by atoms with Gasteiger partial charge in [-0.2, -0.15) is 5.10 Å². The highest BCUT2D eigenvalue weighted by Crippen LogP contribution is 2.32. The standard InChI is InChI=1S/C29H36FN5O5S/c1-19-23(25(32-34(19)6)18-41(7,37)38)12-13-39-26-14-21(30)9-10-24(26)20-8-11-27-31-15-22(35(27)16-20)17-33(5)28(36)40-29(2,3)4/h8-11,14-16H,12-13,17-18H2,1-7H3. The van der Waals surface area contributed by atoms with Crippen molar-refractivity contribution >= 4 is 21.6 Å². The summed E-state index contributed by atoms with van der Waals surface area (Å²) in [5.74, 6) is -0.253. The van der Waals surface area contributed by atoms with Crippen LogP contribution in [-0.4, -0.2) is 64.1 Å². The zero-order chi connectivity index (χ0) is 30.1. The number of hydrogen-bond acceptors (Lipinski definition) is 7. The zero-order valence-electron chi connectivity index (χ0n) is 24.4. The molecule has 0 spiro atoms. The molecule has 0 radical (unpaired) electrons. The molecule has 0 bridgehead atoms. The van der Waals surface area contributed by atoms with E-state index in [1.165, 1.54) is 23.3 Å². The minimum absolute atomic E-state index is 0.161. The Morgan fingerprint density at radius 1 is 1.17 bits per heavy atom. The second kappa shape index (κ2) is 11.5. The van der Waals surface area contributed by atoms with Crippen molar-refractivity contribution in [2.24, 2.45) is 7.05 Å². The Labute approximate surface area is 239 Å². The van der Waals surface area contributed by atoms with E-state index in [1.807, 2.05) is 50.4 Å². The van der Waals surface area contributed by atoms with E-state index in [-0.39, 0.29) is 18.9 Å². The van der Waals surface area contributed by atoms with E-state index < -0.39 is 27.3 Å². The summed E-state index contributed by atoms with van der Waals surface area (Å²) < 4.78 is 53.2. The van der Waals surface area contributed by atoms with Crippen LogP contribution in [0.4, 0.5) is 9.18 Å². The minimum Gasteiger partial charge on any atom is -0.492 e. The summed E-state index contributed by atoms with van der Waals surface area (Å²) in [7, 11) is 0.159. The maximum atomic E-state index is 14.3. The van der Waals surface area contributed by atoms with E-state index in [4.69, 9.17) is 9.47 Å². The molecule has 1 amide bonds. The molecule has 0 unspecified atom stereocenters. The van der Waals surface area contributed by atoms with Gasteiger partial charge in [-0.3, -0.25) is 4.68 Å². The Bertz CT molecular complexity index is 1690. The fourth-order valence-electron chi connectivity index (χ4n) is 4.48. The topological polar surface area (TPSA) is 108 Å². The number of ether oxygens (including phenoxy) is 2. The largest absolute Gasteiger partial charge is 0.492 e. The maximum absolute atomic E-state index is 14.3. The Balaban J connectivity index is 1.57. The number of sulfone groups is 1. The van der Waals surface area contributed by atoms with Crippen LogP contribution in [0.15, 0.2) is 42.7 Å². The first-order valence-corrected chi connectivity index (χ1v) is 15.2. The lowest BCUT2D eigenvalue weighted by molar-refractivity contribution is 0.0282. The molecule has 0 N–H and O–H groups in total. The van der Waals surface area contributed by atoms with Crippen LogP contribution in [0.3, 0.4) is 0 Å². The number of nitrogens with zero attached hydrogens (tertiary/aromatic N) is 5. The van der Waals surface area contributed by atoms with Crippen LogP contribution in [0, 0.1) is 12.7 Å². The van der Waals surface area contributed by atoms with Crippen molar-refractivity contribution in [1.82, 2.24) is 24.1 Å². The summed E-state index contributed by atoms with van der Waals surface area (Å²) in [6.07, 6.45) is 4.71. The van der Waals surface area contributed by atoms with E-state index in [0.29, 0.717) is 29.1 Å². The molecule has 220 valence electrons. The van der Waals surface area contributed by atoms with Gasteiger partial charge in [-0.1, -0.05) is 0 Å². The van der Waals surface area contributed by atoms with Gasteiger partial charge in [0, 0.05) is 61.4 Å². The second-order valence-electron chi connectivity index (χ2n) is 11.2. The van der Waals surface area contributed by atoms with Crippen LogP contribution < -0.4 is 4.74 Å². The summed E-state index contributed by atoms with van der Waals surface area (Å²) in [6.45, 7) is 7.78. The van der Waals surface area contributed by atoms with E-state index >= 15 is 0 Å². The fraction of sp³-hybridized carbons (Fsp3) is 0.414. The van der Waals surface area contributed by atoms with Gasteiger partial charge >= 0.3 is 6.09 Å². The summed E-state index contributed by atoms with van der Waals surface area (Å²) >= 11 is 0. The van der Waals surface area contributed by atoms with Crippen molar-refractivity contribution in [2.45, 2.75) is 52.0 Å². The van der Waals surface area contributed by atoms with Gasteiger partial charge < -0.3 is 18.8 Å². The Kier molecular flexibility index (Phi) is 8.44. The lowest BCUT2D eigenvalue weighted by Crippen LogP contribution is -2.34. The highest BCUT2D eigenvalue weighted by Gasteiger charge is 2.21. The third-order valence-corrected chi connectivity index (χ3v) is 7.29. The summed E-state index contributed by atoms with van der Waals surface area (Å²) in [6, 6.07) is 8.07. The number of benzene rings is 1. The van der Waals surface area contributed by atoms with Gasteiger partial charge in [0.1, 0.15) is 22.8 Å². The zero-order valence-corrected chi connectivity index (χ0v) is 25.2. The second-order valence-corrected chi connectivity index (χ2v) is 13.3. The van der Waals surface area contributed by atoms with Crippen molar-refractivity contribution < 1.29 is 27.1 Å². The summed E-state index contributed by atoms with van der Waals surface area (Å²) in [5.41, 5.74) is 4.43. The first-order valence-electron chi connectivity index (χ1n) is 13.1. The van der Waals surface area contributed by atoms with Gasteiger partial charge in [0.05, 0.1) is 36.5 Å². The highest BCUT2D eigenvalue weighted by atomic mass is 32.2. The number of imidazole rings is 1. The predicted octanol–water partition coefficient (Wildman–Crippen LogP) is 4.72. The normalized spacial score (nSPS) is 12.1. The van der Waals surface area contributed by atoms with E-state index in [1.54, 1.807) is 31.0 Å². The molecular weight excluding hydrogens is 549 g/mol. The van der Waals surface area contributed by atoms with Gasteiger partial charge in [0.15, 0.2) is 9.84 Å². The third-order valence-electron chi connectivity index (χ3n) is 6.49. The van der Waals surface area contributed by atoms with Crippen LogP contribution in [0.5, 0.6) is 5.75 Å². The lowest BCUT2D eigenvalue weighted by atomic mass is 10.1. The molecular formula is C29H36FN5O5S. The van der Waals surface area contributed by atoms with Gasteiger partial charge in [-0.25, -0.2) is 22.6 Å². The third kappa shape index (κ3) is 7.43. The van der Waals surface area contributed by atoms with Gasteiger partial charge in [0.25, 0.3) is 0 Å². The number of rotatable bonds is 9. The van der Waals surface area contributed by atoms with Crippen molar-refractivity contribution in [2.75, 3.05) is 19.9 Å². The molecule has 4 rings (SSSR count). The van der Waals surface area contributed by atoms with Crippen molar-refractivity contribution in [1.29, 1.82) is 0 Å². The van der Waals surface area contributed by atoms with E-state index in [2.05, 4.69) is 10.1 Å². The molecule has 10 nitrogen and oxygen atoms in total. The average Bonchev–Trinajstić information content (AvgIpc) is 3.37. The number of carbonyl (C=O) groups excluding carboxylic acids is 1.